The Morgan fingerprint density at radius 3 is 2.72 bits per heavy atom. The van der Waals surface area contributed by atoms with Gasteiger partial charge < -0.3 is 19.9 Å². The van der Waals surface area contributed by atoms with Gasteiger partial charge in [-0.05, 0) is 14.0 Å². The molecule has 0 aliphatic carbocycles. The average Bonchev–Trinajstić information content (AvgIpc) is 2.25. The first-order valence-electron chi connectivity index (χ1n) is 5.84. The van der Waals surface area contributed by atoms with Crippen molar-refractivity contribution in [1.29, 1.82) is 0 Å². The molecule has 0 spiro atoms. The largest absolute Gasteiger partial charge is 0.503 e. The number of aliphatic hydroxyl groups excluding tert-OH is 2. The van der Waals surface area contributed by atoms with Crippen LogP contribution in [-0.2, 0) is 13.1 Å². The van der Waals surface area contributed by atoms with Gasteiger partial charge in [-0.1, -0.05) is 0 Å². The third-order valence-corrected chi connectivity index (χ3v) is 2.57. The van der Waals surface area contributed by atoms with Crippen molar-refractivity contribution in [2.75, 3.05) is 20.2 Å². The molecule has 1 aromatic rings. The molecular weight excluding hydrogens is 236 g/mol. The third kappa shape index (κ3) is 4.14. The van der Waals surface area contributed by atoms with Gasteiger partial charge in [0, 0.05) is 31.4 Å². The van der Waals surface area contributed by atoms with Gasteiger partial charge >= 0.3 is 0 Å². The van der Waals surface area contributed by atoms with Gasteiger partial charge in [0.25, 0.3) is 0 Å². The number of aliphatic hydroxyl groups is 2. The van der Waals surface area contributed by atoms with E-state index in [0.29, 0.717) is 25.3 Å². The lowest BCUT2D eigenvalue weighted by atomic mass is 10.2. The fraction of sp³-hybridized carbons (Fsp3) is 0.583. The molecule has 1 aromatic heterocycles. The lowest BCUT2D eigenvalue weighted by molar-refractivity contribution is 0.168. The second kappa shape index (κ2) is 6.53. The molecule has 6 heteroatoms. The van der Waals surface area contributed by atoms with E-state index in [4.69, 9.17) is 5.11 Å². The molecule has 0 saturated heterocycles. The van der Waals surface area contributed by atoms with E-state index in [2.05, 4.69) is 0 Å². The van der Waals surface area contributed by atoms with Gasteiger partial charge in [0.2, 0.25) is 5.43 Å². The first-order chi connectivity index (χ1) is 8.43. The first-order valence-corrected chi connectivity index (χ1v) is 5.84. The van der Waals surface area contributed by atoms with Crippen molar-refractivity contribution in [3.63, 3.8) is 0 Å². The van der Waals surface area contributed by atoms with Crippen LogP contribution >= 0.6 is 0 Å². The normalized spacial score (nSPS) is 12.9. The van der Waals surface area contributed by atoms with Crippen molar-refractivity contribution in [2.45, 2.75) is 26.1 Å². The maximum atomic E-state index is 11.4. The van der Waals surface area contributed by atoms with Crippen LogP contribution in [0.5, 0.6) is 5.75 Å². The maximum absolute atomic E-state index is 11.4. The van der Waals surface area contributed by atoms with Crippen molar-refractivity contribution >= 4 is 0 Å². The fourth-order valence-corrected chi connectivity index (χ4v) is 1.72. The van der Waals surface area contributed by atoms with Crippen molar-refractivity contribution in [3.05, 3.63) is 28.2 Å². The molecule has 0 saturated carbocycles. The van der Waals surface area contributed by atoms with E-state index in [1.54, 1.807) is 11.5 Å². The van der Waals surface area contributed by atoms with Crippen LogP contribution in [-0.4, -0.2) is 51.1 Å². The lowest BCUT2D eigenvalue weighted by Crippen LogP contribution is -2.26. The Balaban J connectivity index is 2.99. The van der Waals surface area contributed by atoms with Crippen molar-refractivity contribution in [3.8, 4) is 5.75 Å². The molecule has 0 amide bonds. The summed E-state index contributed by atoms with van der Waals surface area (Å²) < 4.78 is 1.65. The highest BCUT2D eigenvalue weighted by atomic mass is 16.3. The van der Waals surface area contributed by atoms with Crippen LogP contribution in [0.15, 0.2) is 17.1 Å². The van der Waals surface area contributed by atoms with Gasteiger partial charge in [-0.15, -0.1) is 0 Å². The van der Waals surface area contributed by atoms with Gasteiger partial charge in [-0.3, -0.25) is 9.69 Å². The summed E-state index contributed by atoms with van der Waals surface area (Å²) in [6, 6.07) is 1.35. The molecule has 0 aliphatic rings. The molecule has 1 unspecified atom stereocenters. The topological polar surface area (TPSA) is 85.9 Å². The zero-order chi connectivity index (χ0) is 13.7. The van der Waals surface area contributed by atoms with Crippen LogP contribution in [0.25, 0.3) is 0 Å². The summed E-state index contributed by atoms with van der Waals surface area (Å²) in [6.07, 6.45) is 0.755. The van der Waals surface area contributed by atoms with Gasteiger partial charge in [0.05, 0.1) is 18.9 Å². The molecule has 1 rings (SSSR count). The monoisotopic (exact) mass is 256 g/mol. The molecule has 18 heavy (non-hydrogen) atoms. The molecule has 0 fully saturated rings. The van der Waals surface area contributed by atoms with Gasteiger partial charge in [0.15, 0.2) is 5.75 Å². The summed E-state index contributed by atoms with van der Waals surface area (Å²) in [5.41, 5.74) is 0.249. The minimum absolute atomic E-state index is 0.0369. The Morgan fingerprint density at radius 2 is 2.17 bits per heavy atom. The molecular formula is C12H20N2O4. The Kier molecular flexibility index (Phi) is 5.33. The fourth-order valence-electron chi connectivity index (χ4n) is 1.72. The van der Waals surface area contributed by atoms with E-state index >= 15 is 0 Å². The van der Waals surface area contributed by atoms with Gasteiger partial charge in [-0.25, -0.2) is 0 Å². The van der Waals surface area contributed by atoms with Crippen LogP contribution < -0.4 is 5.43 Å². The van der Waals surface area contributed by atoms with Gasteiger partial charge in [0.1, 0.15) is 0 Å². The number of aromatic hydroxyl groups is 1. The van der Waals surface area contributed by atoms with Crippen LogP contribution in [0.3, 0.4) is 0 Å². The molecule has 0 aromatic carbocycles. The average molecular weight is 256 g/mol. The van der Waals surface area contributed by atoms with E-state index in [1.165, 1.54) is 12.3 Å². The van der Waals surface area contributed by atoms with E-state index in [1.807, 2.05) is 11.9 Å². The highest BCUT2D eigenvalue weighted by Gasteiger charge is 2.09. The molecule has 3 N–H and O–H groups in total. The van der Waals surface area contributed by atoms with Crippen LogP contribution in [0.2, 0.25) is 0 Å². The van der Waals surface area contributed by atoms with E-state index in [9.17, 15) is 15.0 Å². The summed E-state index contributed by atoms with van der Waals surface area (Å²) in [5, 5.41) is 27.6. The van der Waals surface area contributed by atoms with E-state index in [0.717, 1.165) is 0 Å². The molecule has 0 aliphatic heterocycles. The number of pyridine rings is 1. The number of hydrogen-bond donors (Lipinski definition) is 3. The minimum Gasteiger partial charge on any atom is -0.503 e. The summed E-state index contributed by atoms with van der Waals surface area (Å²) >= 11 is 0. The van der Waals surface area contributed by atoms with Crippen molar-refractivity contribution in [1.82, 2.24) is 9.47 Å². The number of nitrogens with zero attached hydrogens (tertiary/aromatic N) is 2. The Morgan fingerprint density at radius 1 is 1.50 bits per heavy atom. The molecule has 102 valence electrons. The molecule has 1 atom stereocenters. The Hall–Kier alpha value is -1.37. The molecule has 1 heterocycles. The second-order valence-corrected chi connectivity index (χ2v) is 4.48. The number of rotatable bonds is 6. The predicted molar refractivity (Wildman–Crippen MR) is 67.5 cm³/mol. The number of likely N-dealkylation sites (N-methyl/N-ethyl adjacent to an activating group) is 1. The first kappa shape index (κ1) is 14.7. The maximum Gasteiger partial charge on any atom is 0.223 e. The smallest absolute Gasteiger partial charge is 0.223 e. The Bertz CT molecular complexity index is 442. The van der Waals surface area contributed by atoms with Gasteiger partial charge in [-0.2, -0.15) is 0 Å². The standard InChI is InChI=1S/C12H20N2O4/c1-9(16)6-14-8-12(18)11(17)5-10(14)7-13(2)3-4-15/h5,8-9,15-16,18H,3-4,6-7H2,1-2H3. The van der Waals surface area contributed by atoms with E-state index < -0.39 is 11.5 Å². The quantitative estimate of drug-likeness (QED) is 0.630. The van der Waals surface area contributed by atoms with Crippen molar-refractivity contribution in [2.24, 2.45) is 0 Å². The van der Waals surface area contributed by atoms with Crippen LogP contribution in [0.4, 0.5) is 0 Å². The minimum atomic E-state index is -0.575. The number of aromatic nitrogens is 1. The molecule has 0 bridgehead atoms. The SMILES string of the molecule is CC(O)Cn1cc(O)c(=O)cc1CN(C)CCO. The Labute approximate surface area is 106 Å². The number of hydrogen-bond acceptors (Lipinski definition) is 5. The van der Waals surface area contributed by atoms with E-state index in [-0.39, 0.29) is 12.4 Å². The summed E-state index contributed by atoms with van der Waals surface area (Å²) in [7, 11) is 1.82. The third-order valence-electron chi connectivity index (χ3n) is 2.57. The highest BCUT2D eigenvalue weighted by molar-refractivity contribution is 5.20. The van der Waals surface area contributed by atoms with Crippen LogP contribution in [0.1, 0.15) is 12.6 Å². The highest BCUT2D eigenvalue weighted by Crippen LogP contribution is 2.08. The van der Waals surface area contributed by atoms with Crippen molar-refractivity contribution < 1.29 is 15.3 Å². The summed E-state index contributed by atoms with van der Waals surface area (Å²) in [5.74, 6) is -0.329. The second-order valence-electron chi connectivity index (χ2n) is 4.48. The zero-order valence-electron chi connectivity index (χ0n) is 10.7. The molecule has 6 nitrogen and oxygen atoms in total. The zero-order valence-corrected chi connectivity index (χ0v) is 10.7. The summed E-state index contributed by atoms with van der Waals surface area (Å²) in [6.45, 7) is 2.92. The summed E-state index contributed by atoms with van der Waals surface area (Å²) in [4.78, 5) is 13.3. The predicted octanol–water partition coefficient (Wildman–Crippen LogP) is -0.641. The van der Waals surface area contributed by atoms with Crippen LogP contribution in [0, 0.1) is 0 Å². The molecule has 0 radical (unpaired) electrons. The lowest BCUT2D eigenvalue weighted by Gasteiger charge is -2.20.